The van der Waals surface area contributed by atoms with Gasteiger partial charge in [-0.15, -0.1) is 24.8 Å². The fraction of sp³-hybridized carbons (Fsp3) is 0.571. The molecule has 80 valence electrons. The normalized spacial score (nSPS) is 15.3. The van der Waals surface area contributed by atoms with Crippen molar-refractivity contribution in [3.63, 3.8) is 0 Å². The number of anilines is 1. The van der Waals surface area contributed by atoms with Crippen LogP contribution in [0.5, 0.6) is 0 Å². The lowest BCUT2D eigenvalue weighted by Crippen LogP contribution is -2.44. The van der Waals surface area contributed by atoms with Crippen molar-refractivity contribution < 1.29 is 0 Å². The van der Waals surface area contributed by atoms with E-state index in [2.05, 4.69) is 25.2 Å². The van der Waals surface area contributed by atoms with Crippen LogP contribution in [0, 0.1) is 0 Å². The van der Waals surface area contributed by atoms with Gasteiger partial charge in [-0.25, -0.2) is 15.0 Å². The van der Waals surface area contributed by atoms with E-state index >= 15 is 0 Å². The molecular weight excluding hydrogens is 225 g/mol. The van der Waals surface area contributed by atoms with E-state index < -0.39 is 0 Å². The zero-order valence-electron chi connectivity index (χ0n) is 7.59. The molecule has 1 aromatic heterocycles. The van der Waals surface area contributed by atoms with Gasteiger partial charge in [0.05, 0.1) is 0 Å². The maximum Gasteiger partial charge on any atom is 0.228 e. The van der Waals surface area contributed by atoms with Gasteiger partial charge >= 0.3 is 0 Å². The van der Waals surface area contributed by atoms with Gasteiger partial charge in [-0.1, -0.05) is 0 Å². The number of hydrogen-bond acceptors (Lipinski definition) is 5. The van der Waals surface area contributed by atoms with Crippen LogP contribution in [0.3, 0.4) is 0 Å². The van der Waals surface area contributed by atoms with Gasteiger partial charge in [0.25, 0.3) is 0 Å². The number of aromatic nitrogens is 3. The lowest BCUT2D eigenvalue weighted by atomic mass is 10.4. The largest absolute Gasteiger partial charge is 0.338 e. The Hall–Kier alpha value is -0.650. The average Bonchev–Trinajstić information content (AvgIpc) is 2.21. The van der Waals surface area contributed by atoms with Crippen molar-refractivity contribution in [3.05, 3.63) is 12.7 Å². The van der Waals surface area contributed by atoms with E-state index in [-0.39, 0.29) is 24.8 Å². The molecule has 1 aliphatic heterocycles. The van der Waals surface area contributed by atoms with E-state index in [0.717, 1.165) is 32.1 Å². The minimum atomic E-state index is 0. The van der Waals surface area contributed by atoms with Crippen LogP contribution >= 0.6 is 24.8 Å². The molecular formula is C7H13Cl2N5. The Morgan fingerprint density at radius 3 is 2.21 bits per heavy atom. The van der Waals surface area contributed by atoms with Gasteiger partial charge in [-0.3, -0.25) is 0 Å². The highest BCUT2D eigenvalue weighted by Crippen LogP contribution is 2.03. The topological polar surface area (TPSA) is 53.9 Å². The predicted octanol–water partition coefficient (Wildman–Crippen LogP) is 0.125. The molecule has 2 heterocycles. The second kappa shape index (κ2) is 6.75. The van der Waals surface area contributed by atoms with Crippen LogP contribution < -0.4 is 10.2 Å². The number of nitrogens with one attached hydrogen (secondary N) is 1. The Morgan fingerprint density at radius 2 is 1.64 bits per heavy atom. The third kappa shape index (κ3) is 3.25. The summed E-state index contributed by atoms with van der Waals surface area (Å²) in [6, 6.07) is 0. The summed E-state index contributed by atoms with van der Waals surface area (Å²) in [7, 11) is 0. The zero-order chi connectivity index (χ0) is 8.23. The summed E-state index contributed by atoms with van der Waals surface area (Å²) >= 11 is 0. The van der Waals surface area contributed by atoms with E-state index in [1.165, 1.54) is 12.7 Å². The van der Waals surface area contributed by atoms with Crippen LogP contribution in [0.4, 0.5) is 5.95 Å². The smallest absolute Gasteiger partial charge is 0.228 e. The Balaban J connectivity index is 0.000000845. The lowest BCUT2D eigenvalue weighted by Gasteiger charge is -2.26. The summed E-state index contributed by atoms with van der Waals surface area (Å²) in [4.78, 5) is 14.1. The van der Waals surface area contributed by atoms with E-state index in [1.807, 2.05) is 0 Å². The first kappa shape index (κ1) is 13.4. The molecule has 5 nitrogen and oxygen atoms in total. The Labute approximate surface area is 95.2 Å². The average molecular weight is 238 g/mol. The standard InChI is InChI=1S/C7H11N5.2ClH/c1-3-12(4-2-8-1)7-10-5-9-6-11-7;;/h5-6,8H,1-4H2;2*1H. The van der Waals surface area contributed by atoms with Gasteiger partial charge in [-0.2, -0.15) is 0 Å². The third-order valence-corrected chi connectivity index (χ3v) is 1.88. The van der Waals surface area contributed by atoms with E-state index in [4.69, 9.17) is 0 Å². The van der Waals surface area contributed by atoms with Crippen molar-refractivity contribution >= 4 is 30.8 Å². The molecule has 0 aromatic carbocycles. The summed E-state index contributed by atoms with van der Waals surface area (Å²) in [6.45, 7) is 3.96. The maximum absolute atomic E-state index is 4.08. The molecule has 0 spiro atoms. The van der Waals surface area contributed by atoms with Gasteiger partial charge in [0.15, 0.2) is 0 Å². The van der Waals surface area contributed by atoms with Crippen molar-refractivity contribution in [2.24, 2.45) is 0 Å². The number of piperazine rings is 1. The van der Waals surface area contributed by atoms with Gasteiger partial charge in [0.1, 0.15) is 12.7 Å². The molecule has 7 heteroatoms. The molecule has 0 aliphatic carbocycles. The molecule has 0 radical (unpaired) electrons. The second-order valence-corrected chi connectivity index (χ2v) is 2.68. The molecule has 1 fully saturated rings. The molecule has 0 saturated carbocycles. The SMILES string of the molecule is Cl.Cl.c1ncnc(N2CCNCC2)n1. The molecule has 1 aromatic rings. The van der Waals surface area contributed by atoms with Crippen molar-refractivity contribution in [1.29, 1.82) is 0 Å². The summed E-state index contributed by atoms with van der Waals surface area (Å²) in [6.07, 6.45) is 3.06. The quantitative estimate of drug-likeness (QED) is 0.753. The van der Waals surface area contributed by atoms with Gasteiger partial charge in [-0.05, 0) is 0 Å². The van der Waals surface area contributed by atoms with Crippen LogP contribution in [0.15, 0.2) is 12.7 Å². The molecule has 0 unspecified atom stereocenters. The fourth-order valence-corrected chi connectivity index (χ4v) is 1.26. The summed E-state index contributed by atoms with van der Waals surface area (Å²) in [5.41, 5.74) is 0. The van der Waals surface area contributed by atoms with E-state index in [9.17, 15) is 0 Å². The van der Waals surface area contributed by atoms with Crippen LogP contribution in [-0.4, -0.2) is 41.1 Å². The monoisotopic (exact) mass is 237 g/mol. The van der Waals surface area contributed by atoms with Gasteiger partial charge in [0, 0.05) is 26.2 Å². The molecule has 0 bridgehead atoms. The molecule has 14 heavy (non-hydrogen) atoms. The van der Waals surface area contributed by atoms with Crippen molar-refractivity contribution in [2.45, 2.75) is 0 Å². The highest BCUT2D eigenvalue weighted by atomic mass is 35.5. The summed E-state index contributed by atoms with van der Waals surface area (Å²) < 4.78 is 0. The highest BCUT2D eigenvalue weighted by molar-refractivity contribution is 5.85. The van der Waals surface area contributed by atoms with Crippen LogP contribution in [-0.2, 0) is 0 Å². The highest BCUT2D eigenvalue weighted by Gasteiger charge is 2.11. The van der Waals surface area contributed by atoms with Gasteiger partial charge < -0.3 is 10.2 Å². The summed E-state index contributed by atoms with van der Waals surface area (Å²) in [5.74, 6) is 0.784. The first-order valence-corrected chi connectivity index (χ1v) is 4.04. The number of nitrogens with zero attached hydrogens (tertiary/aromatic N) is 4. The first-order valence-electron chi connectivity index (χ1n) is 4.04. The predicted molar refractivity (Wildman–Crippen MR) is 59.4 cm³/mol. The molecule has 1 aliphatic rings. The molecule has 0 amide bonds. The minimum Gasteiger partial charge on any atom is -0.338 e. The number of halogens is 2. The number of hydrogen-bond donors (Lipinski definition) is 1. The minimum absolute atomic E-state index is 0. The van der Waals surface area contributed by atoms with E-state index in [1.54, 1.807) is 0 Å². The van der Waals surface area contributed by atoms with Crippen molar-refractivity contribution in [2.75, 3.05) is 31.1 Å². The van der Waals surface area contributed by atoms with Crippen LogP contribution in [0.25, 0.3) is 0 Å². The Kier molecular flexibility index (Phi) is 6.44. The molecule has 0 atom stereocenters. The first-order chi connectivity index (χ1) is 5.97. The van der Waals surface area contributed by atoms with Crippen LogP contribution in [0.2, 0.25) is 0 Å². The van der Waals surface area contributed by atoms with Crippen molar-refractivity contribution in [1.82, 2.24) is 20.3 Å². The molecule has 2 rings (SSSR count). The second-order valence-electron chi connectivity index (χ2n) is 2.68. The fourth-order valence-electron chi connectivity index (χ4n) is 1.26. The maximum atomic E-state index is 4.08. The number of rotatable bonds is 1. The Morgan fingerprint density at radius 1 is 1.07 bits per heavy atom. The summed E-state index contributed by atoms with van der Waals surface area (Å²) in [5, 5.41) is 3.27. The van der Waals surface area contributed by atoms with E-state index in [0.29, 0.717) is 0 Å². The van der Waals surface area contributed by atoms with Crippen molar-refractivity contribution in [3.8, 4) is 0 Å². The van der Waals surface area contributed by atoms with Crippen LogP contribution in [0.1, 0.15) is 0 Å². The zero-order valence-corrected chi connectivity index (χ0v) is 9.22. The van der Waals surface area contributed by atoms with Gasteiger partial charge in [0.2, 0.25) is 5.95 Å². The Bertz CT molecular complexity index is 239. The molecule has 1 N–H and O–H groups in total. The lowest BCUT2D eigenvalue weighted by molar-refractivity contribution is 0.579. The third-order valence-electron chi connectivity index (χ3n) is 1.88. The molecule has 1 saturated heterocycles.